The Kier molecular flexibility index (Phi) is 6.66. The quantitative estimate of drug-likeness (QED) is 0.197. The number of methoxy groups -OCH3 is 1. The van der Waals surface area contributed by atoms with E-state index in [0.29, 0.717) is 0 Å². The number of nitrogens with two attached hydrogens (primary N) is 1. The highest BCUT2D eigenvalue weighted by Gasteiger charge is 2.51. The molecule has 28 heavy (non-hydrogen) atoms. The number of rotatable bonds is 8. The van der Waals surface area contributed by atoms with Gasteiger partial charge in [-0.3, -0.25) is 0 Å². The lowest BCUT2D eigenvalue weighted by atomic mass is 10.1. The molecule has 0 aliphatic carbocycles. The minimum atomic E-state index is -4.08. The largest absolute Gasteiger partial charge is 0.394 e. The van der Waals surface area contributed by atoms with Crippen molar-refractivity contribution in [3.63, 3.8) is 0 Å². The number of nitrogens with zero attached hydrogens (tertiary/aromatic N) is 4. The van der Waals surface area contributed by atoms with Gasteiger partial charge >= 0.3 is 6.72 Å². The fourth-order valence-electron chi connectivity index (χ4n) is 3.05. The van der Waals surface area contributed by atoms with Gasteiger partial charge in [0.05, 0.1) is 26.2 Å². The molecule has 0 amide bonds. The van der Waals surface area contributed by atoms with Gasteiger partial charge < -0.3 is 44.8 Å². The number of aliphatic imine (C=N–C) groups is 2. The minimum Gasteiger partial charge on any atom is -0.394 e. The Bertz CT molecular complexity index is 717. The van der Waals surface area contributed by atoms with Gasteiger partial charge in [0.1, 0.15) is 30.3 Å². The van der Waals surface area contributed by atoms with Crippen LogP contribution in [0.3, 0.4) is 0 Å². The van der Waals surface area contributed by atoms with Crippen molar-refractivity contribution in [2.75, 3.05) is 26.9 Å². The van der Waals surface area contributed by atoms with Gasteiger partial charge in [-0.15, -0.1) is 0 Å². The first kappa shape index (κ1) is 21.5. The predicted octanol–water partition coefficient (Wildman–Crippen LogP) is -2.62. The molecular formula is C13H22N5O8PS. The van der Waals surface area contributed by atoms with Crippen LogP contribution >= 0.6 is 6.72 Å². The first-order valence-corrected chi connectivity index (χ1v) is 10.8. The van der Waals surface area contributed by atoms with E-state index in [1.54, 1.807) is 0 Å². The molecular weight excluding hydrogens is 417 g/mol. The van der Waals surface area contributed by atoms with Gasteiger partial charge in [-0.05, 0) is 11.8 Å². The SMILES string of the molecule is COCCO[C@@H]1[C@H](O)[C@@H](CO)O[C@H]1N1C=NC2=C(N)N=CN(OP(O)(O)=S)C21. The summed E-state index contributed by atoms with van der Waals surface area (Å²) in [6.45, 7) is -4.06. The molecule has 0 bridgehead atoms. The van der Waals surface area contributed by atoms with Crippen LogP contribution in [-0.2, 0) is 30.6 Å². The molecule has 6 N–H and O–H groups in total. The normalized spacial score (nSPS) is 32.5. The Balaban J connectivity index is 1.86. The van der Waals surface area contributed by atoms with Crippen LogP contribution < -0.4 is 5.73 Å². The monoisotopic (exact) mass is 439 g/mol. The number of hydrogen-bond acceptors (Lipinski definition) is 12. The van der Waals surface area contributed by atoms with Crippen LogP contribution in [0.5, 0.6) is 0 Å². The molecule has 13 nitrogen and oxygen atoms in total. The third-order valence-electron chi connectivity index (χ3n) is 4.26. The molecule has 1 unspecified atom stereocenters. The van der Waals surface area contributed by atoms with Crippen LogP contribution in [-0.4, -0.2) is 100 Å². The van der Waals surface area contributed by atoms with Crippen molar-refractivity contribution in [1.29, 1.82) is 0 Å². The van der Waals surface area contributed by atoms with Gasteiger partial charge in [0.2, 0.25) is 0 Å². The fraction of sp³-hybridized carbons (Fsp3) is 0.692. The van der Waals surface area contributed by atoms with Crippen molar-refractivity contribution < 1.29 is 38.8 Å². The third kappa shape index (κ3) is 4.36. The van der Waals surface area contributed by atoms with E-state index >= 15 is 0 Å². The number of hydrogen-bond donors (Lipinski definition) is 5. The van der Waals surface area contributed by atoms with E-state index in [2.05, 4.69) is 21.8 Å². The number of ether oxygens (including phenoxy) is 3. The van der Waals surface area contributed by atoms with Crippen LogP contribution in [0.1, 0.15) is 0 Å². The maximum absolute atomic E-state index is 10.5. The smallest absolute Gasteiger partial charge is 0.344 e. The molecule has 3 aliphatic rings. The maximum Gasteiger partial charge on any atom is 0.344 e. The lowest BCUT2D eigenvalue weighted by Crippen LogP contribution is -2.54. The number of hydroxylamine groups is 2. The van der Waals surface area contributed by atoms with Crippen molar-refractivity contribution >= 4 is 31.2 Å². The molecule has 3 rings (SSSR count). The van der Waals surface area contributed by atoms with Gasteiger partial charge in [-0.1, -0.05) is 0 Å². The first-order valence-electron chi connectivity index (χ1n) is 8.21. The van der Waals surface area contributed by atoms with Gasteiger partial charge in [0.15, 0.2) is 18.2 Å². The molecule has 0 radical (unpaired) electrons. The summed E-state index contributed by atoms with van der Waals surface area (Å²) in [5.41, 5.74) is 6.12. The first-order chi connectivity index (χ1) is 13.3. The Morgan fingerprint density at radius 3 is 2.71 bits per heavy atom. The Labute approximate surface area is 165 Å². The second kappa shape index (κ2) is 8.67. The highest BCUT2D eigenvalue weighted by molar-refractivity contribution is 8.06. The molecule has 158 valence electrons. The van der Waals surface area contributed by atoms with Crippen LogP contribution in [0.15, 0.2) is 21.5 Å². The van der Waals surface area contributed by atoms with E-state index in [-0.39, 0.29) is 24.7 Å². The highest BCUT2D eigenvalue weighted by atomic mass is 32.5. The topological polar surface area (TPSA) is 175 Å². The summed E-state index contributed by atoms with van der Waals surface area (Å²) in [6, 6.07) is 0. The number of aliphatic hydroxyl groups is 2. The van der Waals surface area contributed by atoms with E-state index in [0.717, 1.165) is 11.4 Å². The lowest BCUT2D eigenvalue weighted by Gasteiger charge is -2.38. The summed E-state index contributed by atoms with van der Waals surface area (Å²) >= 11 is 4.53. The molecule has 0 aromatic heterocycles. The zero-order chi connectivity index (χ0) is 20.5. The maximum atomic E-state index is 10.5. The summed E-state index contributed by atoms with van der Waals surface area (Å²) in [6.07, 6.45) is -2.19. The fourth-order valence-corrected chi connectivity index (χ4v) is 3.66. The van der Waals surface area contributed by atoms with Gasteiger partial charge in [-0.2, -0.15) is 4.62 Å². The summed E-state index contributed by atoms with van der Waals surface area (Å²) in [5.74, 6) is 0.0851. The molecule has 1 saturated heterocycles. The second-order valence-corrected chi connectivity index (χ2v) is 8.65. The van der Waals surface area contributed by atoms with E-state index < -0.39 is 44.0 Å². The Hall–Kier alpha value is -1.19. The van der Waals surface area contributed by atoms with E-state index in [9.17, 15) is 20.0 Å². The Morgan fingerprint density at radius 1 is 1.32 bits per heavy atom. The van der Waals surface area contributed by atoms with Gasteiger partial charge in [-0.25, -0.2) is 15.0 Å². The van der Waals surface area contributed by atoms with Crippen molar-refractivity contribution in [2.45, 2.75) is 30.7 Å². The molecule has 5 atom stereocenters. The summed E-state index contributed by atoms with van der Waals surface area (Å²) < 4.78 is 21.4. The molecule has 0 saturated carbocycles. The highest BCUT2D eigenvalue weighted by Crippen LogP contribution is 2.41. The molecule has 3 heterocycles. The zero-order valence-electron chi connectivity index (χ0n) is 14.8. The number of aliphatic hydroxyl groups excluding tert-OH is 2. The van der Waals surface area contributed by atoms with Crippen LogP contribution in [0, 0.1) is 0 Å². The van der Waals surface area contributed by atoms with Crippen molar-refractivity contribution in [2.24, 2.45) is 15.7 Å². The van der Waals surface area contributed by atoms with Crippen LogP contribution in [0.2, 0.25) is 0 Å². The third-order valence-corrected chi connectivity index (χ3v) is 4.86. The molecule has 15 heteroatoms. The molecule has 0 spiro atoms. The van der Waals surface area contributed by atoms with Crippen LogP contribution in [0.25, 0.3) is 0 Å². The minimum absolute atomic E-state index is 0.0851. The van der Waals surface area contributed by atoms with E-state index in [1.807, 2.05) is 0 Å². The molecule has 0 aromatic carbocycles. The Morgan fingerprint density at radius 2 is 2.07 bits per heavy atom. The zero-order valence-corrected chi connectivity index (χ0v) is 16.5. The average molecular weight is 439 g/mol. The summed E-state index contributed by atoms with van der Waals surface area (Å²) in [7, 11) is 1.51. The van der Waals surface area contributed by atoms with E-state index in [4.69, 9.17) is 24.6 Å². The second-order valence-electron chi connectivity index (χ2n) is 6.08. The molecule has 1 fully saturated rings. The van der Waals surface area contributed by atoms with Crippen LogP contribution in [0.4, 0.5) is 0 Å². The standard InChI is InChI=1S/C13H22N5O8PS/c1-23-2-3-24-10-9(20)7(4-19)25-13(10)17-5-15-8-11(14)16-6-18(12(8)17)26-27(21,22)28/h5-7,9-10,12-13,19-20H,2-4,14H2,1H3,(H2,21,22,28)/t7-,9-,10-,12?,13-/m1/s1. The lowest BCUT2D eigenvalue weighted by molar-refractivity contribution is -0.138. The summed E-state index contributed by atoms with van der Waals surface area (Å²) in [5, 5.41) is 20.9. The van der Waals surface area contributed by atoms with Gasteiger partial charge in [0, 0.05) is 7.11 Å². The number of fused-ring (bicyclic) bond motifs is 1. The molecule has 0 aromatic rings. The van der Waals surface area contributed by atoms with E-state index in [1.165, 1.54) is 18.3 Å². The van der Waals surface area contributed by atoms with Crippen molar-refractivity contribution in [3.8, 4) is 0 Å². The summed E-state index contributed by atoms with van der Waals surface area (Å²) in [4.78, 5) is 28.6. The van der Waals surface area contributed by atoms with Crippen molar-refractivity contribution in [1.82, 2.24) is 9.96 Å². The molecule has 3 aliphatic heterocycles. The predicted molar refractivity (Wildman–Crippen MR) is 98.8 cm³/mol. The van der Waals surface area contributed by atoms with Crippen molar-refractivity contribution in [3.05, 3.63) is 11.5 Å². The van der Waals surface area contributed by atoms with Gasteiger partial charge in [0.25, 0.3) is 0 Å². The average Bonchev–Trinajstić information content (AvgIpc) is 3.19.